The predicted octanol–water partition coefficient (Wildman–Crippen LogP) is 5.12. The van der Waals surface area contributed by atoms with Crippen molar-refractivity contribution in [3.63, 3.8) is 0 Å². The van der Waals surface area contributed by atoms with Crippen molar-refractivity contribution in [1.29, 1.82) is 0 Å². The van der Waals surface area contributed by atoms with Gasteiger partial charge in [-0.3, -0.25) is 0 Å². The minimum atomic E-state index is -0.879. The van der Waals surface area contributed by atoms with Gasteiger partial charge in [0.2, 0.25) is 0 Å². The zero-order valence-electron chi connectivity index (χ0n) is 17.7. The molecule has 0 aliphatic carbocycles. The fourth-order valence-corrected chi connectivity index (χ4v) is 4.55. The highest BCUT2D eigenvalue weighted by atomic mass is 16.6. The lowest BCUT2D eigenvalue weighted by Crippen LogP contribution is -2.59. The second kappa shape index (κ2) is 6.80. The standard InChI is InChI=1S/C23H35NO3/c1-21(2,3)16-9-7-10-17(13-16)23(26)14-18-11-8-12-19(15-23)24(18)20(25)27-22(4,5)6/h7,9-10,13,18-19,26H,8,11-12,14-15H2,1-6H3. The highest BCUT2D eigenvalue weighted by Gasteiger charge is 2.49. The van der Waals surface area contributed by atoms with Gasteiger partial charge in [0.05, 0.1) is 5.60 Å². The predicted molar refractivity (Wildman–Crippen MR) is 108 cm³/mol. The number of carbonyl (C=O) groups excluding carboxylic acids is 1. The van der Waals surface area contributed by atoms with E-state index < -0.39 is 11.2 Å². The van der Waals surface area contributed by atoms with Crippen molar-refractivity contribution in [3.05, 3.63) is 35.4 Å². The molecule has 27 heavy (non-hydrogen) atoms. The molecule has 1 N–H and O–H groups in total. The largest absolute Gasteiger partial charge is 0.444 e. The molecule has 2 saturated heterocycles. The number of fused-ring (bicyclic) bond motifs is 2. The van der Waals surface area contributed by atoms with Gasteiger partial charge in [-0.1, -0.05) is 45.0 Å². The van der Waals surface area contributed by atoms with Crippen molar-refractivity contribution < 1.29 is 14.6 Å². The number of nitrogens with zero attached hydrogens (tertiary/aromatic N) is 1. The Morgan fingerprint density at radius 2 is 1.70 bits per heavy atom. The molecular formula is C23H35NO3. The third-order valence-electron chi connectivity index (χ3n) is 5.88. The number of aliphatic hydroxyl groups is 1. The summed E-state index contributed by atoms with van der Waals surface area (Å²) in [5, 5.41) is 11.6. The molecule has 2 atom stereocenters. The lowest BCUT2D eigenvalue weighted by molar-refractivity contribution is -0.0965. The average Bonchev–Trinajstić information content (AvgIpc) is 2.51. The molecular weight excluding hydrogens is 338 g/mol. The van der Waals surface area contributed by atoms with Gasteiger partial charge in [0.1, 0.15) is 5.60 Å². The van der Waals surface area contributed by atoms with Gasteiger partial charge in [-0.05, 0) is 56.6 Å². The van der Waals surface area contributed by atoms with Crippen molar-refractivity contribution in [2.75, 3.05) is 0 Å². The van der Waals surface area contributed by atoms with Crippen molar-refractivity contribution >= 4 is 6.09 Å². The summed E-state index contributed by atoms with van der Waals surface area (Å²) >= 11 is 0. The van der Waals surface area contributed by atoms with E-state index in [1.807, 2.05) is 37.8 Å². The minimum Gasteiger partial charge on any atom is -0.444 e. The van der Waals surface area contributed by atoms with Gasteiger partial charge in [0, 0.05) is 24.9 Å². The molecule has 0 spiro atoms. The first-order chi connectivity index (χ1) is 12.4. The van der Waals surface area contributed by atoms with Crippen molar-refractivity contribution in [2.45, 2.75) is 102 Å². The van der Waals surface area contributed by atoms with Gasteiger partial charge >= 0.3 is 6.09 Å². The van der Waals surface area contributed by atoms with E-state index in [0.29, 0.717) is 12.8 Å². The summed E-state index contributed by atoms with van der Waals surface area (Å²) in [7, 11) is 0. The first-order valence-electron chi connectivity index (χ1n) is 10.2. The smallest absolute Gasteiger partial charge is 0.410 e. The summed E-state index contributed by atoms with van der Waals surface area (Å²) in [6.45, 7) is 12.3. The normalized spacial score (nSPS) is 28.8. The second-order valence-corrected chi connectivity index (χ2v) is 10.4. The van der Waals surface area contributed by atoms with Crippen LogP contribution in [0.3, 0.4) is 0 Å². The van der Waals surface area contributed by atoms with E-state index in [-0.39, 0.29) is 23.6 Å². The van der Waals surface area contributed by atoms with Crippen LogP contribution in [-0.2, 0) is 15.8 Å². The van der Waals surface area contributed by atoms with E-state index in [4.69, 9.17) is 4.74 Å². The van der Waals surface area contributed by atoms with Gasteiger partial charge in [0.25, 0.3) is 0 Å². The monoisotopic (exact) mass is 373 g/mol. The first-order valence-corrected chi connectivity index (χ1v) is 10.2. The zero-order chi connectivity index (χ0) is 20.0. The molecule has 3 rings (SSSR count). The molecule has 2 fully saturated rings. The second-order valence-electron chi connectivity index (χ2n) is 10.4. The molecule has 150 valence electrons. The van der Waals surface area contributed by atoms with Crippen molar-refractivity contribution in [3.8, 4) is 0 Å². The number of amides is 1. The van der Waals surface area contributed by atoms with E-state index in [1.165, 1.54) is 5.56 Å². The van der Waals surface area contributed by atoms with Crippen LogP contribution in [0.2, 0.25) is 0 Å². The summed E-state index contributed by atoms with van der Waals surface area (Å²) < 4.78 is 5.66. The Labute approximate surface area is 163 Å². The number of hydrogen-bond acceptors (Lipinski definition) is 3. The molecule has 1 amide bonds. The molecule has 2 aliphatic heterocycles. The summed E-state index contributed by atoms with van der Waals surface area (Å²) in [4.78, 5) is 14.7. The maximum Gasteiger partial charge on any atom is 0.410 e. The van der Waals surface area contributed by atoms with Gasteiger partial charge in [-0.2, -0.15) is 0 Å². The Morgan fingerprint density at radius 1 is 1.11 bits per heavy atom. The number of hydrogen-bond donors (Lipinski definition) is 1. The van der Waals surface area contributed by atoms with E-state index in [1.54, 1.807) is 0 Å². The maximum absolute atomic E-state index is 12.8. The van der Waals surface area contributed by atoms with Crippen LogP contribution in [-0.4, -0.2) is 33.8 Å². The number of piperidine rings is 2. The SMILES string of the molecule is CC(C)(C)OC(=O)N1C2CCCC1CC(O)(c1cccc(C(C)(C)C)c1)C2. The highest BCUT2D eigenvalue weighted by Crippen LogP contribution is 2.45. The lowest BCUT2D eigenvalue weighted by atomic mass is 9.72. The number of rotatable bonds is 1. The Morgan fingerprint density at radius 3 is 2.22 bits per heavy atom. The molecule has 1 aromatic carbocycles. The van der Waals surface area contributed by atoms with E-state index in [2.05, 4.69) is 32.9 Å². The molecule has 1 aromatic rings. The number of carbonyl (C=O) groups is 1. The third-order valence-corrected chi connectivity index (χ3v) is 5.88. The topological polar surface area (TPSA) is 49.8 Å². The van der Waals surface area contributed by atoms with Crippen LogP contribution in [0.15, 0.2) is 24.3 Å². The third kappa shape index (κ3) is 4.31. The van der Waals surface area contributed by atoms with Gasteiger partial charge in [-0.15, -0.1) is 0 Å². The summed E-state index contributed by atoms with van der Waals surface area (Å²) in [5.74, 6) is 0. The first kappa shape index (κ1) is 20.2. The van der Waals surface area contributed by atoms with Crippen molar-refractivity contribution in [2.24, 2.45) is 0 Å². The molecule has 0 aromatic heterocycles. The molecule has 2 unspecified atom stereocenters. The molecule has 0 radical (unpaired) electrons. The van der Waals surface area contributed by atoms with Gasteiger partial charge < -0.3 is 14.7 Å². The Balaban J connectivity index is 1.86. The fourth-order valence-electron chi connectivity index (χ4n) is 4.55. The molecule has 2 heterocycles. The van der Waals surface area contributed by atoms with E-state index in [0.717, 1.165) is 24.8 Å². The quantitative estimate of drug-likeness (QED) is 0.743. The summed E-state index contributed by atoms with van der Waals surface area (Å²) in [6.07, 6.45) is 3.88. The van der Waals surface area contributed by atoms with Crippen LogP contribution < -0.4 is 0 Å². The number of ether oxygens (including phenoxy) is 1. The Kier molecular flexibility index (Phi) is 5.09. The summed E-state index contributed by atoms with van der Waals surface area (Å²) in [6, 6.07) is 8.44. The van der Waals surface area contributed by atoms with Crippen LogP contribution in [0.5, 0.6) is 0 Å². The Hall–Kier alpha value is -1.55. The van der Waals surface area contributed by atoms with Crippen LogP contribution in [0, 0.1) is 0 Å². The molecule has 2 aliphatic rings. The summed E-state index contributed by atoms with van der Waals surface area (Å²) in [5.41, 5.74) is 0.874. The molecule has 2 bridgehead atoms. The zero-order valence-corrected chi connectivity index (χ0v) is 17.7. The fraction of sp³-hybridized carbons (Fsp3) is 0.696. The Bertz CT molecular complexity index is 684. The van der Waals surface area contributed by atoms with Crippen molar-refractivity contribution in [1.82, 2.24) is 4.90 Å². The lowest BCUT2D eigenvalue weighted by Gasteiger charge is -2.52. The van der Waals surface area contributed by atoms with Crippen LogP contribution in [0.25, 0.3) is 0 Å². The average molecular weight is 374 g/mol. The van der Waals surface area contributed by atoms with Crippen LogP contribution >= 0.6 is 0 Å². The van der Waals surface area contributed by atoms with Crippen LogP contribution in [0.4, 0.5) is 4.79 Å². The van der Waals surface area contributed by atoms with E-state index >= 15 is 0 Å². The molecule has 0 saturated carbocycles. The van der Waals surface area contributed by atoms with Gasteiger partial charge in [-0.25, -0.2) is 4.79 Å². The number of benzene rings is 1. The van der Waals surface area contributed by atoms with Crippen LogP contribution in [0.1, 0.15) is 84.8 Å². The van der Waals surface area contributed by atoms with Gasteiger partial charge in [0.15, 0.2) is 0 Å². The van der Waals surface area contributed by atoms with E-state index in [9.17, 15) is 9.90 Å². The highest BCUT2D eigenvalue weighted by molar-refractivity contribution is 5.69. The molecule has 4 heteroatoms. The minimum absolute atomic E-state index is 0.0376. The molecule has 4 nitrogen and oxygen atoms in total. The maximum atomic E-state index is 12.8.